The van der Waals surface area contributed by atoms with E-state index in [2.05, 4.69) is 10.0 Å². The number of hydrazine groups is 1. The van der Waals surface area contributed by atoms with Gasteiger partial charge in [-0.25, -0.2) is 22.9 Å². The Balaban J connectivity index is 1.54. The summed E-state index contributed by atoms with van der Waals surface area (Å²) >= 11 is 0. The molecule has 2 heterocycles. The molecule has 4 atom stereocenters. The third kappa shape index (κ3) is 8.79. The van der Waals surface area contributed by atoms with Gasteiger partial charge in [-0.15, -0.1) is 0 Å². The van der Waals surface area contributed by atoms with Crippen LogP contribution >= 0.6 is 0 Å². The summed E-state index contributed by atoms with van der Waals surface area (Å²) < 4.78 is 36.9. The average Bonchev–Trinajstić information content (AvgIpc) is 3.09. The molecule has 2 saturated heterocycles. The summed E-state index contributed by atoms with van der Waals surface area (Å²) in [5.41, 5.74) is -0.608. The molecule has 0 bridgehead atoms. The van der Waals surface area contributed by atoms with Crippen LogP contribution in [0.2, 0.25) is 0 Å². The molecule has 0 spiro atoms. The molecular weight excluding hydrogens is 620 g/mol. The molecule has 2 aliphatic heterocycles. The van der Waals surface area contributed by atoms with Crippen LogP contribution in [0.3, 0.4) is 0 Å². The van der Waals surface area contributed by atoms with Gasteiger partial charge in [-0.3, -0.25) is 24.2 Å². The lowest BCUT2D eigenvalue weighted by molar-refractivity contribution is -0.176. The highest BCUT2D eigenvalue weighted by atomic mass is 32.2. The average molecular weight is 661 g/mol. The fraction of sp³-hybridized carbons (Fsp3) is 0.516. The Morgan fingerprint density at radius 3 is 2.46 bits per heavy atom. The summed E-state index contributed by atoms with van der Waals surface area (Å²) in [6.45, 7) is 4.52. The number of esters is 2. The summed E-state index contributed by atoms with van der Waals surface area (Å²) in [6.07, 6.45) is -0.910. The molecule has 4 rings (SSSR count). The second kappa shape index (κ2) is 14.1. The number of benzene rings is 2. The molecule has 0 radical (unpaired) electrons. The molecule has 2 aromatic rings. The molecule has 0 aliphatic carbocycles. The van der Waals surface area contributed by atoms with Crippen LogP contribution in [-0.4, -0.2) is 102 Å². The van der Waals surface area contributed by atoms with Gasteiger partial charge in [-0.05, 0) is 56.9 Å². The molecule has 14 nitrogen and oxygen atoms in total. The first-order chi connectivity index (χ1) is 21.5. The maximum absolute atomic E-state index is 13.7. The SMILES string of the molecule is CC(C)(C)OC(=O)C[C@H](NC(=O)[C@@H]1CCCN2C(=O)CC[C@H](NS(C)(=O)=O)C(=O)N12)[C@@H](O)COC(=O)c1cccc2ccccc12. The van der Waals surface area contributed by atoms with Crippen molar-refractivity contribution in [1.82, 2.24) is 20.1 Å². The van der Waals surface area contributed by atoms with Gasteiger partial charge in [-0.2, -0.15) is 0 Å². The zero-order valence-electron chi connectivity index (χ0n) is 26.2. The van der Waals surface area contributed by atoms with E-state index in [1.807, 2.05) is 18.2 Å². The number of aliphatic hydroxyl groups excluding tert-OH is 1. The van der Waals surface area contributed by atoms with Crippen molar-refractivity contribution in [2.45, 2.75) is 82.7 Å². The van der Waals surface area contributed by atoms with Crippen molar-refractivity contribution < 1.29 is 47.0 Å². The molecule has 0 aromatic heterocycles. The van der Waals surface area contributed by atoms with E-state index >= 15 is 0 Å². The van der Waals surface area contributed by atoms with E-state index in [9.17, 15) is 37.5 Å². The van der Waals surface area contributed by atoms with Crippen LogP contribution in [0.4, 0.5) is 0 Å². The van der Waals surface area contributed by atoms with E-state index in [1.165, 1.54) is 0 Å². The van der Waals surface area contributed by atoms with E-state index < -0.39 is 82.5 Å². The van der Waals surface area contributed by atoms with Crippen LogP contribution in [0.5, 0.6) is 0 Å². The van der Waals surface area contributed by atoms with Crippen molar-refractivity contribution in [2.75, 3.05) is 19.4 Å². The van der Waals surface area contributed by atoms with E-state index in [0.29, 0.717) is 11.8 Å². The fourth-order valence-corrected chi connectivity index (χ4v) is 6.26. The van der Waals surface area contributed by atoms with Gasteiger partial charge < -0.3 is 19.9 Å². The monoisotopic (exact) mass is 660 g/mol. The Hall–Kier alpha value is -4.08. The molecule has 15 heteroatoms. The van der Waals surface area contributed by atoms with Gasteiger partial charge in [0.15, 0.2) is 0 Å². The van der Waals surface area contributed by atoms with E-state index in [-0.39, 0.29) is 31.4 Å². The summed E-state index contributed by atoms with van der Waals surface area (Å²) in [7, 11) is -3.82. The molecule has 46 heavy (non-hydrogen) atoms. The third-order valence-electron chi connectivity index (χ3n) is 7.51. The Labute approximate surface area is 267 Å². The summed E-state index contributed by atoms with van der Waals surface area (Å²) in [5.74, 6) is -3.49. The Bertz CT molecular complexity index is 1600. The first-order valence-corrected chi connectivity index (χ1v) is 16.9. The minimum Gasteiger partial charge on any atom is -0.460 e. The van der Waals surface area contributed by atoms with Crippen LogP contribution in [0.15, 0.2) is 42.5 Å². The number of nitrogens with one attached hydrogen (secondary N) is 2. The van der Waals surface area contributed by atoms with Gasteiger partial charge in [0, 0.05) is 13.0 Å². The number of carbonyl (C=O) groups excluding carboxylic acids is 5. The van der Waals surface area contributed by atoms with Crippen molar-refractivity contribution in [3.8, 4) is 0 Å². The second-order valence-corrected chi connectivity index (χ2v) is 14.2. The molecule has 0 unspecified atom stereocenters. The number of sulfonamides is 1. The maximum atomic E-state index is 13.7. The van der Waals surface area contributed by atoms with Gasteiger partial charge in [0.25, 0.3) is 5.91 Å². The minimum absolute atomic E-state index is 0.0892. The van der Waals surface area contributed by atoms with E-state index in [4.69, 9.17) is 9.47 Å². The molecular formula is C31H40N4O10S. The number of amides is 3. The van der Waals surface area contributed by atoms with Crippen LogP contribution < -0.4 is 10.0 Å². The third-order valence-corrected chi connectivity index (χ3v) is 8.23. The Morgan fingerprint density at radius 1 is 1.07 bits per heavy atom. The quantitative estimate of drug-likeness (QED) is 0.311. The normalized spacial score (nSPS) is 20.4. The van der Waals surface area contributed by atoms with Gasteiger partial charge in [0.2, 0.25) is 21.8 Å². The maximum Gasteiger partial charge on any atom is 0.338 e. The van der Waals surface area contributed by atoms with Gasteiger partial charge in [-0.1, -0.05) is 36.4 Å². The molecule has 2 aromatic carbocycles. The van der Waals surface area contributed by atoms with Gasteiger partial charge >= 0.3 is 11.9 Å². The highest BCUT2D eigenvalue weighted by molar-refractivity contribution is 7.88. The summed E-state index contributed by atoms with van der Waals surface area (Å²) in [5, 5.41) is 17.3. The lowest BCUT2D eigenvalue weighted by atomic mass is 10.0. The molecule has 0 saturated carbocycles. The highest BCUT2D eigenvalue weighted by Gasteiger charge is 2.45. The standard InChI is InChI=1S/C31H40N4O10S/c1-31(2,3)45-27(38)17-23(25(36)18-44-30(41)21-12-7-10-19-9-5-6-11-20(19)21)32-28(39)24-13-8-16-34-26(37)15-14-22(29(40)35(24)34)33-46(4,42)43/h5-7,9-12,22-25,33,36H,8,13-18H2,1-4H3,(H,32,39)/t22-,23-,24-,25-/m0/s1. The lowest BCUT2D eigenvalue weighted by Crippen LogP contribution is -2.64. The zero-order valence-corrected chi connectivity index (χ0v) is 27.0. The largest absolute Gasteiger partial charge is 0.460 e. The van der Waals surface area contributed by atoms with Crippen molar-refractivity contribution >= 4 is 50.5 Å². The number of fused-ring (bicyclic) bond motifs is 2. The smallest absolute Gasteiger partial charge is 0.338 e. The van der Waals surface area contributed by atoms with E-state index in [1.54, 1.807) is 45.0 Å². The topological polar surface area (TPSA) is 189 Å². The number of hydrogen-bond donors (Lipinski definition) is 3. The summed E-state index contributed by atoms with van der Waals surface area (Å²) in [4.78, 5) is 66.0. The fourth-order valence-electron chi connectivity index (χ4n) is 5.52. The van der Waals surface area contributed by atoms with Crippen LogP contribution in [0.25, 0.3) is 10.8 Å². The summed E-state index contributed by atoms with van der Waals surface area (Å²) in [6, 6.07) is 8.46. The van der Waals surface area contributed by atoms with Gasteiger partial charge in [0.05, 0.1) is 24.3 Å². The number of hydrogen-bond acceptors (Lipinski definition) is 10. The predicted octanol–water partition coefficient (Wildman–Crippen LogP) is 1.02. The number of aliphatic hydroxyl groups is 1. The Morgan fingerprint density at radius 2 is 1.76 bits per heavy atom. The number of nitrogens with zero attached hydrogens (tertiary/aromatic N) is 2. The molecule has 3 N–H and O–H groups in total. The molecule has 2 aliphatic rings. The van der Waals surface area contributed by atoms with Crippen LogP contribution in [0, 0.1) is 0 Å². The van der Waals surface area contributed by atoms with Crippen molar-refractivity contribution in [2.24, 2.45) is 0 Å². The number of rotatable bonds is 10. The molecule has 3 amide bonds. The minimum atomic E-state index is -3.82. The molecule has 2 fully saturated rings. The highest BCUT2D eigenvalue weighted by Crippen LogP contribution is 2.26. The van der Waals surface area contributed by atoms with E-state index in [0.717, 1.165) is 21.7 Å². The Kier molecular flexibility index (Phi) is 10.7. The lowest BCUT2D eigenvalue weighted by Gasteiger charge is -2.43. The number of ether oxygens (including phenoxy) is 2. The van der Waals surface area contributed by atoms with Crippen molar-refractivity contribution in [1.29, 1.82) is 0 Å². The number of carbonyl (C=O) groups is 5. The van der Waals surface area contributed by atoms with Crippen LogP contribution in [-0.2, 0) is 38.7 Å². The van der Waals surface area contributed by atoms with Crippen molar-refractivity contribution in [3.05, 3.63) is 48.0 Å². The second-order valence-electron chi connectivity index (χ2n) is 12.4. The molecule has 250 valence electrons. The van der Waals surface area contributed by atoms with Gasteiger partial charge in [0.1, 0.15) is 30.4 Å². The first kappa shape index (κ1) is 34.8. The first-order valence-electron chi connectivity index (χ1n) is 15.0. The van der Waals surface area contributed by atoms with Crippen LogP contribution in [0.1, 0.15) is 63.2 Å². The predicted molar refractivity (Wildman–Crippen MR) is 165 cm³/mol. The zero-order chi connectivity index (χ0) is 33.8. The van der Waals surface area contributed by atoms with Crippen molar-refractivity contribution in [3.63, 3.8) is 0 Å².